The summed E-state index contributed by atoms with van der Waals surface area (Å²) in [6.45, 7) is 8.51. The van der Waals surface area contributed by atoms with E-state index in [0.717, 1.165) is 25.7 Å². The Morgan fingerprint density at radius 3 is 1.83 bits per heavy atom. The number of carbonyl (C=O) groups excluding carboxylic acids is 2. The van der Waals surface area contributed by atoms with Gasteiger partial charge in [-0.3, -0.25) is 0 Å². The van der Waals surface area contributed by atoms with Crippen LogP contribution < -0.4 is 0 Å². The smallest absolute Gasteiger partial charge is 0.338 e. The maximum absolute atomic E-state index is 12.2. The summed E-state index contributed by atoms with van der Waals surface area (Å²) in [5, 5.41) is 0. The van der Waals surface area contributed by atoms with Crippen LogP contribution in [-0.2, 0) is 9.47 Å². The van der Waals surface area contributed by atoms with Crippen molar-refractivity contribution in [1.29, 1.82) is 0 Å². The molecule has 0 N–H and O–H groups in total. The van der Waals surface area contributed by atoms with Crippen molar-refractivity contribution in [2.24, 2.45) is 5.92 Å². The van der Waals surface area contributed by atoms with E-state index in [2.05, 4.69) is 13.8 Å². The minimum Gasteiger partial charge on any atom is -0.462 e. The molecule has 4 nitrogen and oxygen atoms in total. The third kappa shape index (κ3) is 6.85. The summed E-state index contributed by atoms with van der Waals surface area (Å²) < 4.78 is 10.7. The van der Waals surface area contributed by atoms with Crippen LogP contribution in [0.25, 0.3) is 0 Å². The van der Waals surface area contributed by atoms with Crippen molar-refractivity contribution in [3.63, 3.8) is 0 Å². The van der Waals surface area contributed by atoms with Gasteiger partial charge in [0.2, 0.25) is 0 Å². The lowest BCUT2D eigenvalue weighted by molar-refractivity contribution is 0.0257. The highest BCUT2D eigenvalue weighted by Gasteiger charge is 2.15. The van der Waals surface area contributed by atoms with Gasteiger partial charge >= 0.3 is 11.9 Å². The molecule has 128 valence electrons. The Bertz CT molecular complexity index is 485. The predicted molar refractivity (Wildman–Crippen MR) is 90.6 cm³/mol. The highest BCUT2D eigenvalue weighted by atomic mass is 16.5. The van der Waals surface area contributed by atoms with Crippen LogP contribution in [0.15, 0.2) is 24.3 Å². The predicted octanol–water partition coefficient (Wildman–Crippen LogP) is 4.63. The Morgan fingerprint density at radius 1 is 0.913 bits per heavy atom. The number of hydrogen-bond donors (Lipinski definition) is 0. The van der Waals surface area contributed by atoms with Gasteiger partial charge < -0.3 is 9.47 Å². The first-order chi connectivity index (χ1) is 11.0. The Kier molecular flexibility index (Phi) is 8.38. The fourth-order valence-corrected chi connectivity index (χ4v) is 2.19. The first kappa shape index (κ1) is 19.2. The lowest BCUT2D eigenvalue weighted by Gasteiger charge is -2.16. The molecule has 0 saturated heterocycles. The summed E-state index contributed by atoms with van der Waals surface area (Å²) in [7, 11) is 0. The largest absolute Gasteiger partial charge is 0.462 e. The lowest BCUT2D eigenvalue weighted by atomic mass is 10.1. The number of carbonyl (C=O) groups is 2. The lowest BCUT2D eigenvalue weighted by Crippen LogP contribution is -2.18. The minimum atomic E-state index is -0.367. The topological polar surface area (TPSA) is 52.6 Å². The second-order valence-corrected chi connectivity index (χ2v) is 6.17. The van der Waals surface area contributed by atoms with Gasteiger partial charge in [0, 0.05) is 0 Å². The van der Waals surface area contributed by atoms with Crippen LogP contribution in [-0.4, -0.2) is 24.6 Å². The molecule has 0 heterocycles. The molecule has 1 rings (SSSR count). The molecule has 0 atom stereocenters. The molecule has 0 aliphatic carbocycles. The molecule has 0 aromatic heterocycles. The Balaban J connectivity index is 2.64. The second kappa shape index (κ2) is 10.0. The van der Waals surface area contributed by atoms with Crippen LogP contribution in [0.5, 0.6) is 0 Å². The van der Waals surface area contributed by atoms with Gasteiger partial charge in [0.05, 0.1) is 17.7 Å². The molecule has 0 spiro atoms. The van der Waals surface area contributed by atoms with Crippen LogP contribution in [0.3, 0.4) is 0 Å². The molecule has 0 radical (unpaired) electrons. The molecule has 0 amide bonds. The van der Waals surface area contributed by atoms with Crippen LogP contribution in [0.1, 0.15) is 74.1 Å². The third-order valence-corrected chi connectivity index (χ3v) is 3.40. The molecule has 23 heavy (non-hydrogen) atoms. The van der Waals surface area contributed by atoms with Gasteiger partial charge in [-0.15, -0.1) is 0 Å². The molecule has 0 aliphatic heterocycles. The van der Waals surface area contributed by atoms with Crippen molar-refractivity contribution in [2.75, 3.05) is 6.61 Å². The summed E-state index contributed by atoms with van der Waals surface area (Å²) >= 11 is 0. The normalized spacial score (nSPS) is 10.9. The number of ether oxygens (including phenoxy) is 2. The van der Waals surface area contributed by atoms with Gasteiger partial charge in [-0.25, -0.2) is 9.59 Å². The highest BCUT2D eigenvalue weighted by molar-refractivity contribution is 5.93. The Morgan fingerprint density at radius 2 is 1.39 bits per heavy atom. The SMILES string of the molecule is CCCC(CCC)OC(=O)c1ccc(C(=O)OCC(C)C)cc1. The van der Waals surface area contributed by atoms with E-state index in [9.17, 15) is 9.59 Å². The molecule has 4 heteroatoms. The average Bonchev–Trinajstić information content (AvgIpc) is 2.53. The van der Waals surface area contributed by atoms with Crippen molar-refractivity contribution < 1.29 is 19.1 Å². The van der Waals surface area contributed by atoms with E-state index in [-0.39, 0.29) is 18.0 Å². The quantitative estimate of drug-likeness (QED) is 0.623. The average molecular weight is 320 g/mol. The van der Waals surface area contributed by atoms with Crippen LogP contribution in [0, 0.1) is 5.92 Å². The van der Waals surface area contributed by atoms with Crippen molar-refractivity contribution in [2.45, 2.75) is 59.5 Å². The zero-order valence-corrected chi connectivity index (χ0v) is 14.6. The molecular weight excluding hydrogens is 292 g/mol. The van der Waals surface area contributed by atoms with E-state index in [1.54, 1.807) is 24.3 Å². The molecular formula is C19H28O4. The van der Waals surface area contributed by atoms with E-state index in [0.29, 0.717) is 23.7 Å². The maximum Gasteiger partial charge on any atom is 0.338 e. The number of rotatable bonds is 9. The van der Waals surface area contributed by atoms with Gasteiger partial charge in [0.15, 0.2) is 0 Å². The number of benzene rings is 1. The van der Waals surface area contributed by atoms with Crippen molar-refractivity contribution >= 4 is 11.9 Å². The number of hydrogen-bond acceptors (Lipinski definition) is 4. The van der Waals surface area contributed by atoms with Crippen LogP contribution in [0.2, 0.25) is 0 Å². The van der Waals surface area contributed by atoms with E-state index < -0.39 is 0 Å². The fourth-order valence-electron chi connectivity index (χ4n) is 2.19. The first-order valence-electron chi connectivity index (χ1n) is 8.46. The summed E-state index contributed by atoms with van der Waals surface area (Å²) in [5.41, 5.74) is 0.906. The Hall–Kier alpha value is -1.84. The van der Waals surface area contributed by atoms with Crippen LogP contribution >= 0.6 is 0 Å². The van der Waals surface area contributed by atoms with E-state index in [1.165, 1.54) is 0 Å². The zero-order chi connectivity index (χ0) is 17.2. The standard InChI is InChI=1S/C19H28O4/c1-5-7-17(8-6-2)23-19(21)16-11-9-15(10-12-16)18(20)22-13-14(3)4/h9-12,14,17H,5-8,13H2,1-4H3. The molecule has 0 fully saturated rings. The van der Waals surface area contributed by atoms with Gasteiger partial charge in [0.25, 0.3) is 0 Å². The third-order valence-electron chi connectivity index (χ3n) is 3.40. The molecule has 0 saturated carbocycles. The fraction of sp³-hybridized carbons (Fsp3) is 0.579. The van der Waals surface area contributed by atoms with Crippen LogP contribution in [0.4, 0.5) is 0 Å². The summed E-state index contributed by atoms with van der Waals surface area (Å²) in [6, 6.07) is 6.44. The van der Waals surface area contributed by atoms with Gasteiger partial charge in [0.1, 0.15) is 6.10 Å². The summed E-state index contributed by atoms with van der Waals surface area (Å²) in [4.78, 5) is 24.0. The van der Waals surface area contributed by atoms with Crippen molar-refractivity contribution in [1.82, 2.24) is 0 Å². The van der Waals surface area contributed by atoms with E-state index in [1.807, 2.05) is 13.8 Å². The summed E-state index contributed by atoms with van der Waals surface area (Å²) in [6.07, 6.45) is 3.68. The molecule has 0 unspecified atom stereocenters. The first-order valence-corrected chi connectivity index (χ1v) is 8.46. The Labute approximate surface area is 139 Å². The highest BCUT2D eigenvalue weighted by Crippen LogP contribution is 2.14. The van der Waals surface area contributed by atoms with Crippen molar-refractivity contribution in [3.05, 3.63) is 35.4 Å². The molecule has 1 aromatic rings. The monoisotopic (exact) mass is 320 g/mol. The van der Waals surface area contributed by atoms with E-state index >= 15 is 0 Å². The van der Waals surface area contributed by atoms with Gasteiger partial charge in [-0.1, -0.05) is 40.5 Å². The maximum atomic E-state index is 12.2. The van der Waals surface area contributed by atoms with E-state index in [4.69, 9.17) is 9.47 Å². The second-order valence-electron chi connectivity index (χ2n) is 6.17. The zero-order valence-electron chi connectivity index (χ0n) is 14.6. The summed E-state index contributed by atoms with van der Waals surface area (Å²) in [5.74, 6) is -0.408. The van der Waals surface area contributed by atoms with Gasteiger partial charge in [-0.05, 0) is 43.0 Å². The van der Waals surface area contributed by atoms with Crippen molar-refractivity contribution in [3.8, 4) is 0 Å². The molecule has 1 aromatic carbocycles. The molecule has 0 aliphatic rings. The molecule has 0 bridgehead atoms. The minimum absolute atomic E-state index is 0.0341. The van der Waals surface area contributed by atoms with Gasteiger partial charge in [-0.2, -0.15) is 0 Å². The number of esters is 2.